The Labute approximate surface area is 440 Å². The highest BCUT2D eigenvalue weighted by molar-refractivity contribution is 5.71. The van der Waals surface area contributed by atoms with Crippen molar-refractivity contribution in [3.05, 3.63) is 72.9 Å². The molecule has 0 saturated carbocycles. The smallest absolute Gasteiger partial charge is 0.306 e. The normalized spacial score (nSPS) is 12.5. The fraction of sp³-hybridized carbons (Fsp3) is 0.769. The van der Waals surface area contributed by atoms with Crippen molar-refractivity contribution in [3.8, 4) is 0 Å². The number of allylic oxidation sites excluding steroid dienone is 12. The molecule has 0 amide bonds. The first-order chi connectivity index (χ1) is 35.0. The maximum absolute atomic E-state index is 12.8. The van der Waals surface area contributed by atoms with Crippen LogP contribution in [0.5, 0.6) is 0 Å². The van der Waals surface area contributed by atoms with Crippen molar-refractivity contribution in [2.24, 2.45) is 0 Å². The van der Waals surface area contributed by atoms with Crippen LogP contribution in [0.25, 0.3) is 0 Å². The van der Waals surface area contributed by atoms with Gasteiger partial charge in [-0.15, -0.1) is 0 Å². The van der Waals surface area contributed by atoms with Crippen LogP contribution in [0.1, 0.15) is 303 Å². The van der Waals surface area contributed by atoms with Gasteiger partial charge in [-0.05, 0) is 83.5 Å². The van der Waals surface area contributed by atoms with Crippen LogP contribution in [0.3, 0.4) is 0 Å². The Morgan fingerprint density at radius 2 is 0.577 bits per heavy atom. The zero-order valence-electron chi connectivity index (χ0n) is 47.0. The first kappa shape index (κ1) is 67.8. The van der Waals surface area contributed by atoms with E-state index in [0.717, 1.165) is 116 Å². The number of carbonyl (C=O) groups is 3. The van der Waals surface area contributed by atoms with Gasteiger partial charge in [-0.1, -0.05) is 273 Å². The molecule has 1 atom stereocenters. The Kier molecular flexibility index (Phi) is 56.8. The highest BCUT2D eigenvalue weighted by Crippen LogP contribution is 2.17. The SMILES string of the molecule is CC/C=C\C/C=C\C/C=C\C/C=C\CCCCCCCCCCCCCCCCCCCCC(=O)OCC(COC(=O)CCCCCCCCCCC)OC(=O)CCCCCCC/C=C\C/C=C\CCC. The van der Waals surface area contributed by atoms with Crippen molar-refractivity contribution in [2.75, 3.05) is 13.2 Å². The molecule has 410 valence electrons. The second kappa shape index (κ2) is 59.4. The molecule has 0 radical (unpaired) electrons. The summed E-state index contributed by atoms with van der Waals surface area (Å²) in [6, 6.07) is 0. The van der Waals surface area contributed by atoms with Crippen LogP contribution in [-0.4, -0.2) is 37.2 Å². The average molecular weight is 992 g/mol. The zero-order chi connectivity index (χ0) is 51.4. The van der Waals surface area contributed by atoms with Crippen molar-refractivity contribution >= 4 is 17.9 Å². The quantitative estimate of drug-likeness (QED) is 0.0261. The molecule has 6 heteroatoms. The summed E-state index contributed by atoms with van der Waals surface area (Å²) < 4.78 is 16.8. The molecule has 0 aliphatic heterocycles. The van der Waals surface area contributed by atoms with Gasteiger partial charge in [0.1, 0.15) is 13.2 Å². The minimum atomic E-state index is -0.777. The van der Waals surface area contributed by atoms with E-state index >= 15 is 0 Å². The van der Waals surface area contributed by atoms with Crippen LogP contribution in [0.4, 0.5) is 0 Å². The molecule has 1 unspecified atom stereocenters. The summed E-state index contributed by atoms with van der Waals surface area (Å²) in [6.07, 6.45) is 76.4. The number of ether oxygens (including phenoxy) is 3. The molecule has 0 aliphatic rings. The molecule has 0 bridgehead atoms. The summed E-state index contributed by atoms with van der Waals surface area (Å²) in [5.74, 6) is -0.883. The fourth-order valence-corrected chi connectivity index (χ4v) is 8.65. The highest BCUT2D eigenvalue weighted by Gasteiger charge is 2.19. The number of hydrogen-bond donors (Lipinski definition) is 0. The van der Waals surface area contributed by atoms with Gasteiger partial charge in [0.25, 0.3) is 0 Å². The van der Waals surface area contributed by atoms with Crippen molar-refractivity contribution < 1.29 is 28.6 Å². The lowest BCUT2D eigenvalue weighted by atomic mass is 10.0. The fourth-order valence-electron chi connectivity index (χ4n) is 8.65. The molecule has 71 heavy (non-hydrogen) atoms. The molecule has 6 nitrogen and oxygen atoms in total. The molecule has 0 spiro atoms. The summed E-state index contributed by atoms with van der Waals surface area (Å²) in [4.78, 5) is 38.0. The molecular formula is C65H114O6. The minimum absolute atomic E-state index is 0.0769. The monoisotopic (exact) mass is 991 g/mol. The Hall–Kier alpha value is -3.15. The third-order valence-electron chi connectivity index (χ3n) is 13.2. The summed E-state index contributed by atoms with van der Waals surface area (Å²) >= 11 is 0. The van der Waals surface area contributed by atoms with Gasteiger partial charge >= 0.3 is 17.9 Å². The van der Waals surface area contributed by atoms with Gasteiger partial charge in [-0.2, -0.15) is 0 Å². The first-order valence-corrected chi connectivity index (χ1v) is 30.4. The summed E-state index contributed by atoms with van der Waals surface area (Å²) in [5, 5.41) is 0. The lowest BCUT2D eigenvalue weighted by Gasteiger charge is -2.18. The molecule has 0 heterocycles. The molecular weight excluding hydrogens is 877 g/mol. The number of hydrogen-bond acceptors (Lipinski definition) is 6. The van der Waals surface area contributed by atoms with Crippen LogP contribution in [0.15, 0.2) is 72.9 Å². The predicted octanol–water partition coefficient (Wildman–Crippen LogP) is 20.5. The maximum atomic E-state index is 12.8. The molecule has 0 aromatic rings. The van der Waals surface area contributed by atoms with Gasteiger partial charge in [0.2, 0.25) is 0 Å². The Balaban J connectivity index is 4.06. The summed E-state index contributed by atoms with van der Waals surface area (Å²) in [7, 11) is 0. The van der Waals surface area contributed by atoms with Crippen molar-refractivity contribution in [1.29, 1.82) is 0 Å². The molecule has 0 aliphatic carbocycles. The standard InChI is InChI=1S/C65H114O6/c1-4-7-10-13-16-19-21-23-24-25-26-27-28-29-30-31-32-33-34-35-36-37-38-39-40-42-43-46-49-52-55-58-64(67)70-61-62(60-69-63(66)57-54-51-48-45-18-15-12-9-6-3)71-65(68)59-56-53-50-47-44-41-22-20-17-14-11-8-5-2/h7,10-11,14,16,19-20,22-24,26-27,62H,4-6,8-9,12-13,15,17-18,21,25,28-61H2,1-3H3/b10-7-,14-11-,19-16-,22-20-,24-23-,27-26-. The zero-order valence-corrected chi connectivity index (χ0v) is 47.0. The van der Waals surface area contributed by atoms with Crippen LogP contribution in [0.2, 0.25) is 0 Å². The second-order valence-electron chi connectivity index (χ2n) is 20.2. The highest BCUT2D eigenvalue weighted by atomic mass is 16.6. The second-order valence-corrected chi connectivity index (χ2v) is 20.2. The lowest BCUT2D eigenvalue weighted by molar-refractivity contribution is -0.167. The van der Waals surface area contributed by atoms with Crippen molar-refractivity contribution in [3.63, 3.8) is 0 Å². The van der Waals surface area contributed by atoms with E-state index in [0.29, 0.717) is 19.3 Å². The van der Waals surface area contributed by atoms with Crippen molar-refractivity contribution in [1.82, 2.24) is 0 Å². The van der Waals surface area contributed by atoms with Crippen LogP contribution in [-0.2, 0) is 28.6 Å². The van der Waals surface area contributed by atoms with Gasteiger partial charge in [0.15, 0.2) is 6.10 Å². The number of esters is 3. The molecule has 0 aromatic heterocycles. The molecule has 0 N–H and O–H groups in total. The average Bonchev–Trinajstić information content (AvgIpc) is 3.37. The van der Waals surface area contributed by atoms with E-state index in [4.69, 9.17) is 14.2 Å². The number of rotatable bonds is 55. The Morgan fingerprint density at radius 3 is 0.915 bits per heavy atom. The van der Waals surface area contributed by atoms with E-state index in [1.807, 2.05) is 0 Å². The molecule has 0 fully saturated rings. The van der Waals surface area contributed by atoms with E-state index in [9.17, 15) is 14.4 Å². The van der Waals surface area contributed by atoms with E-state index in [1.54, 1.807) is 0 Å². The summed E-state index contributed by atoms with van der Waals surface area (Å²) in [6.45, 7) is 6.45. The maximum Gasteiger partial charge on any atom is 0.306 e. The first-order valence-electron chi connectivity index (χ1n) is 30.4. The lowest BCUT2D eigenvalue weighted by Crippen LogP contribution is -2.30. The third-order valence-corrected chi connectivity index (χ3v) is 13.2. The number of carbonyl (C=O) groups excluding carboxylic acids is 3. The van der Waals surface area contributed by atoms with E-state index in [1.165, 1.54) is 148 Å². The van der Waals surface area contributed by atoms with Gasteiger partial charge in [0, 0.05) is 19.3 Å². The van der Waals surface area contributed by atoms with Gasteiger partial charge < -0.3 is 14.2 Å². The van der Waals surface area contributed by atoms with E-state index in [-0.39, 0.29) is 31.1 Å². The molecule has 0 aromatic carbocycles. The van der Waals surface area contributed by atoms with Gasteiger partial charge in [0.05, 0.1) is 0 Å². The largest absolute Gasteiger partial charge is 0.462 e. The Morgan fingerprint density at radius 1 is 0.296 bits per heavy atom. The minimum Gasteiger partial charge on any atom is -0.462 e. The number of unbranched alkanes of at least 4 members (excludes halogenated alkanes) is 32. The topological polar surface area (TPSA) is 78.9 Å². The van der Waals surface area contributed by atoms with Crippen molar-refractivity contribution in [2.45, 2.75) is 309 Å². The Bertz CT molecular complexity index is 1320. The van der Waals surface area contributed by atoms with Crippen LogP contribution in [0, 0.1) is 0 Å². The van der Waals surface area contributed by atoms with Crippen LogP contribution < -0.4 is 0 Å². The van der Waals surface area contributed by atoms with Gasteiger partial charge in [-0.3, -0.25) is 14.4 Å². The molecule has 0 rings (SSSR count). The van der Waals surface area contributed by atoms with Crippen LogP contribution >= 0.6 is 0 Å². The third kappa shape index (κ3) is 57.6. The van der Waals surface area contributed by atoms with E-state index < -0.39 is 6.10 Å². The summed E-state index contributed by atoms with van der Waals surface area (Å²) in [5.41, 5.74) is 0. The molecule has 0 saturated heterocycles. The predicted molar refractivity (Wildman–Crippen MR) is 307 cm³/mol. The van der Waals surface area contributed by atoms with E-state index in [2.05, 4.69) is 93.7 Å². The van der Waals surface area contributed by atoms with Gasteiger partial charge in [-0.25, -0.2) is 0 Å².